The fraction of sp³-hybridized carbons (Fsp3) is 0.259. The molecule has 2 aromatic heterocycles. The van der Waals surface area contributed by atoms with Crippen LogP contribution in [0.4, 0.5) is 5.82 Å². The van der Waals surface area contributed by atoms with Gasteiger partial charge in [0.15, 0.2) is 0 Å². The number of halogens is 1. The zero-order valence-corrected chi connectivity index (χ0v) is 20.5. The van der Waals surface area contributed by atoms with Crippen LogP contribution in [0.15, 0.2) is 54.6 Å². The molecule has 1 aliphatic heterocycles. The van der Waals surface area contributed by atoms with Gasteiger partial charge in [0, 0.05) is 34.3 Å². The Morgan fingerprint density at radius 2 is 1.65 bits per heavy atom. The predicted octanol–water partition coefficient (Wildman–Crippen LogP) is 5.62. The molecule has 0 fully saturated rings. The van der Waals surface area contributed by atoms with Gasteiger partial charge in [0.2, 0.25) is 5.91 Å². The standard InChI is InChI=1S/C27H26ClN5O/c1-16-7-5-6-8-21(16)15-32-24(34)14-23(20-9-11-22(28)12-10-20)25-19(4)31-33(26(25)32)27-29-17(2)13-18(3)30-27/h5-13,23H,14-15H2,1-4H3/t23-/m1/s1. The van der Waals surface area contributed by atoms with E-state index in [0.29, 0.717) is 23.9 Å². The predicted molar refractivity (Wildman–Crippen MR) is 134 cm³/mol. The van der Waals surface area contributed by atoms with Gasteiger partial charge in [0.05, 0.1) is 12.2 Å². The molecular formula is C27H26ClN5O. The molecule has 0 radical (unpaired) electrons. The quantitative estimate of drug-likeness (QED) is 0.387. The maximum atomic E-state index is 13.7. The number of rotatable bonds is 4. The Kier molecular flexibility index (Phi) is 5.70. The maximum Gasteiger partial charge on any atom is 0.252 e. The molecule has 3 heterocycles. The minimum absolute atomic E-state index is 0.0428. The van der Waals surface area contributed by atoms with Gasteiger partial charge in [0.1, 0.15) is 5.82 Å². The van der Waals surface area contributed by atoms with Crippen molar-refractivity contribution in [1.29, 1.82) is 0 Å². The number of aromatic nitrogens is 4. The van der Waals surface area contributed by atoms with E-state index in [1.54, 1.807) is 4.68 Å². The number of hydrogen-bond donors (Lipinski definition) is 0. The van der Waals surface area contributed by atoms with Gasteiger partial charge in [-0.15, -0.1) is 0 Å². The van der Waals surface area contributed by atoms with E-state index < -0.39 is 0 Å². The highest BCUT2D eigenvalue weighted by Crippen LogP contribution is 2.43. The number of carbonyl (C=O) groups excluding carboxylic acids is 1. The molecule has 5 rings (SSSR count). The van der Waals surface area contributed by atoms with Gasteiger partial charge in [-0.25, -0.2) is 9.97 Å². The number of amides is 1. The van der Waals surface area contributed by atoms with Crippen LogP contribution >= 0.6 is 11.6 Å². The molecule has 0 saturated heterocycles. The first-order chi connectivity index (χ1) is 16.3. The molecule has 0 N–H and O–H groups in total. The Balaban J connectivity index is 1.72. The number of aryl methyl sites for hydroxylation is 4. The van der Waals surface area contributed by atoms with E-state index >= 15 is 0 Å². The average Bonchev–Trinajstić information content (AvgIpc) is 3.14. The van der Waals surface area contributed by atoms with E-state index in [0.717, 1.165) is 45.2 Å². The summed E-state index contributed by atoms with van der Waals surface area (Å²) in [6.07, 6.45) is 0.362. The van der Waals surface area contributed by atoms with Crippen molar-refractivity contribution < 1.29 is 4.79 Å². The molecule has 6 nitrogen and oxygen atoms in total. The van der Waals surface area contributed by atoms with Crippen LogP contribution in [0.5, 0.6) is 0 Å². The van der Waals surface area contributed by atoms with Crippen molar-refractivity contribution in [2.24, 2.45) is 0 Å². The molecule has 34 heavy (non-hydrogen) atoms. The van der Waals surface area contributed by atoms with Gasteiger partial charge in [-0.1, -0.05) is 48.0 Å². The first-order valence-electron chi connectivity index (χ1n) is 11.3. The highest BCUT2D eigenvalue weighted by atomic mass is 35.5. The molecule has 1 aliphatic rings. The molecular weight excluding hydrogens is 446 g/mol. The van der Waals surface area contributed by atoms with E-state index in [4.69, 9.17) is 16.7 Å². The molecule has 7 heteroatoms. The molecule has 0 bridgehead atoms. The van der Waals surface area contributed by atoms with Crippen molar-refractivity contribution in [3.05, 3.63) is 99.0 Å². The molecule has 172 valence electrons. The average molecular weight is 472 g/mol. The molecule has 0 aliphatic carbocycles. The smallest absolute Gasteiger partial charge is 0.252 e. The lowest BCUT2D eigenvalue weighted by atomic mass is 9.85. The Morgan fingerprint density at radius 3 is 2.32 bits per heavy atom. The van der Waals surface area contributed by atoms with Gasteiger partial charge in [-0.05, 0) is 62.6 Å². The lowest BCUT2D eigenvalue weighted by molar-refractivity contribution is -0.119. The van der Waals surface area contributed by atoms with Crippen molar-refractivity contribution >= 4 is 23.3 Å². The summed E-state index contributed by atoms with van der Waals surface area (Å²) in [6, 6.07) is 17.8. The third-order valence-electron chi connectivity index (χ3n) is 6.39. The van der Waals surface area contributed by atoms with Crippen LogP contribution in [-0.4, -0.2) is 25.7 Å². The van der Waals surface area contributed by atoms with Crippen molar-refractivity contribution in [2.45, 2.75) is 46.6 Å². The van der Waals surface area contributed by atoms with Gasteiger partial charge >= 0.3 is 0 Å². The van der Waals surface area contributed by atoms with Crippen LogP contribution in [0, 0.1) is 27.7 Å². The van der Waals surface area contributed by atoms with Crippen LogP contribution in [-0.2, 0) is 11.3 Å². The van der Waals surface area contributed by atoms with Crippen LogP contribution in [0.25, 0.3) is 5.95 Å². The summed E-state index contributed by atoms with van der Waals surface area (Å²) < 4.78 is 1.74. The van der Waals surface area contributed by atoms with Gasteiger partial charge < -0.3 is 0 Å². The van der Waals surface area contributed by atoms with E-state index in [2.05, 4.69) is 29.0 Å². The lowest BCUT2D eigenvalue weighted by Crippen LogP contribution is -2.38. The van der Waals surface area contributed by atoms with E-state index in [1.165, 1.54) is 0 Å². The van der Waals surface area contributed by atoms with Crippen molar-refractivity contribution in [3.63, 3.8) is 0 Å². The number of hydrogen-bond acceptors (Lipinski definition) is 4. The van der Waals surface area contributed by atoms with Crippen molar-refractivity contribution in [2.75, 3.05) is 4.90 Å². The summed E-state index contributed by atoms with van der Waals surface area (Å²) in [5.41, 5.74) is 6.87. The number of carbonyl (C=O) groups is 1. The Morgan fingerprint density at radius 1 is 0.971 bits per heavy atom. The van der Waals surface area contributed by atoms with Crippen LogP contribution in [0.1, 0.15) is 51.7 Å². The zero-order valence-electron chi connectivity index (χ0n) is 19.7. The van der Waals surface area contributed by atoms with E-state index in [9.17, 15) is 4.79 Å². The summed E-state index contributed by atoms with van der Waals surface area (Å²) in [5, 5.41) is 5.53. The van der Waals surface area contributed by atoms with E-state index in [-0.39, 0.29) is 11.8 Å². The maximum absolute atomic E-state index is 13.7. The van der Waals surface area contributed by atoms with Gasteiger partial charge in [0.25, 0.3) is 5.95 Å². The van der Waals surface area contributed by atoms with Crippen molar-refractivity contribution in [3.8, 4) is 5.95 Å². The molecule has 0 saturated carbocycles. The number of fused-ring (bicyclic) bond motifs is 1. The molecule has 0 unspecified atom stereocenters. The first-order valence-corrected chi connectivity index (χ1v) is 11.7. The summed E-state index contributed by atoms with van der Waals surface area (Å²) in [4.78, 5) is 24.8. The summed E-state index contributed by atoms with van der Waals surface area (Å²) in [7, 11) is 0. The zero-order chi connectivity index (χ0) is 24.0. The van der Waals surface area contributed by atoms with Crippen molar-refractivity contribution in [1.82, 2.24) is 19.7 Å². The normalized spacial score (nSPS) is 15.5. The minimum atomic E-state index is -0.118. The van der Waals surface area contributed by atoms with E-state index in [1.807, 2.05) is 68.1 Å². The third kappa shape index (κ3) is 3.99. The Hall–Kier alpha value is -3.51. The molecule has 0 spiro atoms. The molecule has 1 atom stereocenters. The second kappa shape index (κ2) is 8.69. The number of nitrogens with zero attached hydrogens (tertiary/aromatic N) is 5. The number of benzene rings is 2. The largest absolute Gasteiger partial charge is 0.292 e. The second-order valence-electron chi connectivity index (χ2n) is 8.90. The highest BCUT2D eigenvalue weighted by molar-refractivity contribution is 6.30. The Labute approximate surface area is 204 Å². The summed E-state index contributed by atoms with van der Waals surface area (Å²) in [6.45, 7) is 8.39. The number of anilines is 1. The lowest BCUT2D eigenvalue weighted by Gasteiger charge is -2.33. The minimum Gasteiger partial charge on any atom is -0.292 e. The molecule has 4 aromatic rings. The SMILES string of the molecule is Cc1cc(C)nc(-n2nc(C)c3c2N(Cc2ccccc2C)C(=O)C[C@@H]3c2ccc(Cl)cc2)n1. The topological polar surface area (TPSA) is 63.9 Å². The monoisotopic (exact) mass is 471 g/mol. The summed E-state index contributed by atoms with van der Waals surface area (Å²) in [5.74, 6) is 1.14. The Bertz CT molecular complexity index is 1370. The first kappa shape index (κ1) is 22.3. The van der Waals surface area contributed by atoms with Gasteiger partial charge in [-0.2, -0.15) is 9.78 Å². The molecule has 1 amide bonds. The fourth-order valence-corrected chi connectivity index (χ4v) is 4.87. The van der Waals surface area contributed by atoms with Crippen LogP contribution < -0.4 is 4.90 Å². The van der Waals surface area contributed by atoms with Crippen LogP contribution in [0.2, 0.25) is 5.02 Å². The summed E-state index contributed by atoms with van der Waals surface area (Å²) >= 11 is 6.14. The van der Waals surface area contributed by atoms with Crippen LogP contribution in [0.3, 0.4) is 0 Å². The second-order valence-corrected chi connectivity index (χ2v) is 9.34. The fourth-order valence-electron chi connectivity index (χ4n) is 4.74. The molecule has 2 aromatic carbocycles. The highest BCUT2D eigenvalue weighted by Gasteiger charge is 2.38. The van der Waals surface area contributed by atoms with Gasteiger partial charge in [-0.3, -0.25) is 9.69 Å². The third-order valence-corrected chi connectivity index (χ3v) is 6.64.